The van der Waals surface area contributed by atoms with Crippen LogP contribution in [0.25, 0.3) is 10.8 Å². The lowest BCUT2D eigenvalue weighted by Crippen LogP contribution is -2.27. The van der Waals surface area contributed by atoms with Crippen LogP contribution in [0.3, 0.4) is 0 Å². The van der Waals surface area contributed by atoms with Gasteiger partial charge >= 0.3 is 0 Å². The Morgan fingerprint density at radius 3 is 2.12 bits per heavy atom. The molecule has 24 heavy (non-hydrogen) atoms. The number of hydrogen-bond donors (Lipinski definition) is 0. The van der Waals surface area contributed by atoms with Gasteiger partial charge in [-0.1, -0.05) is 48.5 Å². The van der Waals surface area contributed by atoms with Gasteiger partial charge in [-0.3, -0.25) is 0 Å². The summed E-state index contributed by atoms with van der Waals surface area (Å²) in [5.74, 6) is 0.850. The third kappa shape index (κ3) is 2.52. The largest absolute Gasteiger partial charge is 0.206 e. The minimum atomic E-state index is -0.742. The second kappa shape index (κ2) is 6.41. The first-order valence-electron chi connectivity index (χ1n) is 7.93. The molecule has 0 aromatic heterocycles. The lowest BCUT2D eigenvalue weighted by atomic mass is 9.96. The van der Waals surface area contributed by atoms with Crippen molar-refractivity contribution < 1.29 is 8.78 Å². The average Bonchev–Trinajstić information content (AvgIpc) is 2.62. The summed E-state index contributed by atoms with van der Waals surface area (Å²) >= 11 is 3.29. The topological polar surface area (TPSA) is 0 Å². The molecule has 0 saturated carbocycles. The predicted octanol–water partition coefficient (Wildman–Crippen LogP) is 6.19. The van der Waals surface area contributed by atoms with Crippen molar-refractivity contribution in [2.75, 3.05) is 11.5 Å². The van der Waals surface area contributed by atoms with Crippen molar-refractivity contribution in [2.45, 2.75) is 10.5 Å². The Labute approximate surface area is 148 Å². The van der Waals surface area contributed by atoms with E-state index in [9.17, 15) is 8.78 Å². The molecule has 0 unspecified atom stereocenters. The van der Waals surface area contributed by atoms with Crippen molar-refractivity contribution in [3.05, 3.63) is 83.4 Å². The third-order valence-corrected chi connectivity index (χ3v) is 7.69. The first-order chi connectivity index (χ1) is 11.7. The van der Waals surface area contributed by atoms with Crippen LogP contribution >= 0.6 is 23.5 Å². The summed E-state index contributed by atoms with van der Waals surface area (Å²) < 4.78 is 28.7. The fourth-order valence-corrected chi connectivity index (χ4v) is 6.81. The molecule has 0 atom stereocenters. The molecule has 0 aliphatic carbocycles. The molecule has 0 spiro atoms. The maximum Gasteiger partial charge on any atom is 0.131 e. The fraction of sp³-hybridized carbons (Fsp3) is 0.200. The van der Waals surface area contributed by atoms with Gasteiger partial charge < -0.3 is 0 Å². The van der Waals surface area contributed by atoms with Crippen molar-refractivity contribution >= 4 is 34.3 Å². The van der Waals surface area contributed by atoms with Crippen LogP contribution in [0.5, 0.6) is 0 Å². The van der Waals surface area contributed by atoms with Crippen molar-refractivity contribution in [1.82, 2.24) is 0 Å². The Bertz CT molecular complexity index is 860. The first-order valence-corrected chi connectivity index (χ1v) is 9.90. The van der Waals surface area contributed by atoms with Gasteiger partial charge in [0.25, 0.3) is 0 Å². The third-order valence-electron chi connectivity index (χ3n) is 4.34. The van der Waals surface area contributed by atoms with E-state index in [1.54, 1.807) is 23.5 Å². The summed E-state index contributed by atoms with van der Waals surface area (Å²) in [7, 11) is 0. The smallest absolute Gasteiger partial charge is 0.131 e. The van der Waals surface area contributed by atoms with Crippen LogP contribution in [0.15, 0.2) is 60.7 Å². The molecule has 0 nitrogen and oxygen atoms in total. The van der Waals surface area contributed by atoms with Crippen LogP contribution in [0.2, 0.25) is 0 Å². The predicted molar refractivity (Wildman–Crippen MR) is 101 cm³/mol. The molecule has 0 bridgehead atoms. The molecule has 4 heteroatoms. The lowest BCUT2D eigenvalue weighted by molar-refractivity contribution is 0.555. The zero-order chi connectivity index (χ0) is 16.6. The van der Waals surface area contributed by atoms with E-state index in [1.807, 2.05) is 42.5 Å². The van der Waals surface area contributed by atoms with E-state index in [4.69, 9.17) is 0 Å². The summed E-state index contributed by atoms with van der Waals surface area (Å²) in [5.41, 5.74) is 1.16. The molecule has 3 aromatic carbocycles. The molecule has 1 heterocycles. The van der Waals surface area contributed by atoms with Crippen LogP contribution in [0, 0.1) is 11.6 Å². The van der Waals surface area contributed by atoms with E-state index in [2.05, 4.69) is 0 Å². The van der Waals surface area contributed by atoms with Gasteiger partial charge in [-0.15, -0.1) is 23.5 Å². The van der Waals surface area contributed by atoms with Gasteiger partial charge in [-0.25, -0.2) is 8.78 Å². The zero-order valence-electron chi connectivity index (χ0n) is 13.0. The van der Waals surface area contributed by atoms with Crippen molar-refractivity contribution in [3.8, 4) is 0 Å². The summed E-state index contributed by atoms with van der Waals surface area (Å²) in [6, 6.07) is 18.3. The normalized spacial score (nSPS) is 17.1. The SMILES string of the molecule is Fc1cccc(F)c1C1(c2cccc3ccccc23)SCCCS1. The highest BCUT2D eigenvalue weighted by Gasteiger charge is 2.42. The van der Waals surface area contributed by atoms with Crippen molar-refractivity contribution in [2.24, 2.45) is 0 Å². The van der Waals surface area contributed by atoms with Gasteiger partial charge in [-0.2, -0.15) is 0 Å². The highest BCUT2D eigenvalue weighted by molar-refractivity contribution is 8.18. The van der Waals surface area contributed by atoms with Crippen LogP contribution in [0.4, 0.5) is 8.78 Å². The van der Waals surface area contributed by atoms with Crippen LogP contribution in [-0.4, -0.2) is 11.5 Å². The van der Waals surface area contributed by atoms with Gasteiger partial charge in [0.1, 0.15) is 15.7 Å². The van der Waals surface area contributed by atoms with E-state index in [0.29, 0.717) is 0 Å². The minimum Gasteiger partial charge on any atom is -0.206 e. The Morgan fingerprint density at radius 2 is 1.38 bits per heavy atom. The molecule has 1 fully saturated rings. The fourth-order valence-electron chi connectivity index (χ4n) is 3.29. The number of thioether (sulfide) groups is 2. The highest BCUT2D eigenvalue weighted by atomic mass is 32.2. The Hall–Kier alpha value is -1.52. The van der Waals surface area contributed by atoms with Crippen LogP contribution in [0.1, 0.15) is 17.5 Å². The Balaban J connectivity index is 2.04. The van der Waals surface area contributed by atoms with Gasteiger partial charge in [-0.05, 0) is 46.4 Å². The summed E-state index contributed by atoms with van der Waals surface area (Å²) in [6.45, 7) is 0. The molecule has 3 aromatic rings. The van der Waals surface area contributed by atoms with Crippen molar-refractivity contribution in [3.63, 3.8) is 0 Å². The standard InChI is InChI=1S/C20H16F2S2/c21-17-10-4-11-18(22)19(17)20(23-12-5-13-24-20)16-9-3-7-14-6-1-2-8-15(14)16/h1-4,6-11H,5,12-13H2. The van der Waals surface area contributed by atoms with Crippen molar-refractivity contribution in [1.29, 1.82) is 0 Å². The number of halogens is 2. The molecule has 122 valence electrons. The lowest BCUT2D eigenvalue weighted by Gasteiger charge is -2.38. The van der Waals surface area contributed by atoms with E-state index in [0.717, 1.165) is 34.3 Å². The van der Waals surface area contributed by atoms with Gasteiger partial charge in [0.2, 0.25) is 0 Å². The first kappa shape index (κ1) is 16.0. The number of benzene rings is 3. The van der Waals surface area contributed by atoms with Gasteiger partial charge in [0.05, 0.1) is 5.56 Å². The molecule has 1 saturated heterocycles. The quantitative estimate of drug-likeness (QED) is 0.536. The Morgan fingerprint density at radius 1 is 0.750 bits per heavy atom. The number of fused-ring (bicyclic) bond motifs is 1. The highest BCUT2D eigenvalue weighted by Crippen LogP contribution is 2.57. The summed E-state index contributed by atoms with van der Waals surface area (Å²) in [4.78, 5) is 0. The monoisotopic (exact) mass is 358 g/mol. The van der Waals surface area contributed by atoms with Gasteiger partial charge in [0.15, 0.2) is 0 Å². The molecule has 1 aliphatic rings. The molecule has 0 radical (unpaired) electrons. The molecular formula is C20H16F2S2. The van der Waals surface area contributed by atoms with Crippen LogP contribution in [-0.2, 0) is 4.08 Å². The van der Waals surface area contributed by atoms with E-state index >= 15 is 0 Å². The number of hydrogen-bond acceptors (Lipinski definition) is 2. The second-order valence-corrected chi connectivity index (χ2v) is 8.67. The zero-order valence-corrected chi connectivity index (χ0v) is 14.6. The summed E-state index contributed by atoms with van der Waals surface area (Å²) in [6.07, 6.45) is 1.05. The summed E-state index contributed by atoms with van der Waals surface area (Å²) in [5, 5.41) is 2.16. The maximum absolute atomic E-state index is 14.7. The van der Waals surface area contributed by atoms with Gasteiger partial charge in [0, 0.05) is 0 Å². The number of rotatable bonds is 2. The maximum atomic E-state index is 14.7. The average molecular weight is 358 g/mol. The van der Waals surface area contributed by atoms with E-state index in [-0.39, 0.29) is 5.56 Å². The molecule has 4 rings (SSSR count). The Kier molecular flexibility index (Phi) is 4.27. The minimum absolute atomic E-state index is 0.177. The molecule has 0 N–H and O–H groups in total. The molecule has 0 amide bonds. The van der Waals surface area contributed by atoms with Crippen LogP contribution < -0.4 is 0 Å². The molecule has 1 aliphatic heterocycles. The van der Waals surface area contributed by atoms with E-state index in [1.165, 1.54) is 18.2 Å². The second-order valence-electron chi connectivity index (χ2n) is 5.79. The molecular weight excluding hydrogens is 342 g/mol. The van der Waals surface area contributed by atoms with E-state index < -0.39 is 15.7 Å².